The van der Waals surface area contributed by atoms with Gasteiger partial charge in [-0.05, 0) is 23.3 Å². The van der Waals surface area contributed by atoms with Crippen LogP contribution in [-0.2, 0) is 10.2 Å². The van der Waals surface area contributed by atoms with Gasteiger partial charge in [-0.3, -0.25) is 14.1 Å². The molecule has 1 amide bonds. The monoisotopic (exact) mass is 417 g/mol. The van der Waals surface area contributed by atoms with E-state index >= 15 is 0 Å². The largest absolute Gasteiger partial charge is 0.293 e. The van der Waals surface area contributed by atoms with Crippen LogP contribution < -0.4 is 0 Å². The maximum absolute atomic E-state index is 13.8. The lowest BCUT2D eigenvalue weighted by molar-refractivity contribution is -0.129. The molecule has 1 heterocycles. The molecule has 0 aromatic heterocycles. The van der Waals surface area contributed by atoms with E-state index in [9.17, 15) is 4.79 Å². The van der Waals surface area contributed by atoms with E-state index in [1.54, 1.807) is 16.1 Å². The lowest BCUT2D eigenvalue weighted by Crippen LogP contribution is -2.51. The molecule has 0 atom stereocenters. The molecule has 142 valence electrons. The van der Waals surface area contributed by atoms with Gasteiger partial charge in [-0.1, -0.05) is 60.7 Å². The molecular formula is C20H23N3OS3. The molecule has 1 aliphatic heterocycles. The summed E-state index contributed by atoms with van der Waals surface area (Å²) in [4.78, 5) is 13.8. The van der Waals surface area contributed by atoms with Crippen molar-refractivity contribution >= 4 is 46.2 Å². The lowest BCUT2D eigenvalue weighted by atomic mass is 9.75. The Bertz CT molecular complexity index is 759. The third kappa shape index (κ3) is 4.01. The number of thiocarbonyl (C=S) groups is 1. The number of carbonyl (C=O) groups excluding carboxylic acids is 1. The van der Waals surface area contributed by atoms with Crippen LogP contribution in [0.15, 0.2) is 60.7 Å². The predicted molar refractivity (Wildman–Crippen MR) is 119 cm³/mol. The van der Waals surface area contributed by atoms with Crippen molar-refractivity contribution in [3.63, 3.8) is 0 Å². The SMILES string of the molecule is CN(C)N(C)C(=S)SN1CSCC(c2ccccc2)(c2ccccc2)C1=O. The number of benzene rings is 2. The predicted octanol–water partition coefficient (Wildman–Crippen LogP) is 3.85. The number of hydrazine groups is 1. The van der Waals surface area contributed by atoms with Crippen molar-refractivity contribution in [3.05, 3.63) is 71.8 Å². The summed E-state index contributed by atoms with van der Waals surface area (Å²) in [6.45, 7) is 0. The summed E-state index contributed by atoms with van der Waals surface area (Å²) in [6.07, 6.45) is 0. The lowest BCUT2D eigenvalue weighted by Gasteiger charge is -2.42. The topological polar surface area (TPSA) is 26.8 Å². The fraction of sp³-hybridized carbons (Fsp3) is 0.300. The van der Waals surface area contributed by atoms with Crippen molar-refractivity contribution in [1.29, 1.82) is 0 Å². The van der Waals surface area contributed by atoms with Gasteiger partial charge in [-0.25, -0.2) is 5.01 Å². The van der Waals surface area contributed by atoms with E-state index < -0.39 is 5.41 Å². The molecule has 4 nitrogen and oxygen atoms in total. The summed E-state index contributed by atoms with van der Waals surface area (Å²) in [5.41, 5.74) is 1.34. The van der Waals surface area contributed by atoms with Crippen LogP contribution in [0.25, 0.3) is 0 Å². The minimum absolute atomic E-state index is 0.0816. The van der Waals surface area contributed by atoms with Gasteiger partial charge < -0.3 is 0 Å². The zero-order valence-corrected chi connectivity index (χ0v) is 18.1. The van der Waals surface area contributed by atoms with Gasteiger partial charge in [-0.2, -0.15) is 0 Å². The first-order chi connectivity index (χ1) is 13.0. The molecule has 1 aliphatic rings. The maximum atomic E-state index is 13.8. The van der Waals surface area contributed by atoms with Crippen LogP contribution in [-0.4, -0.2) is 57.3 Å². The highest BCUT2D eigenvalue weighted by Gasteiger charge is 2.47. The number of carbonyl (C=O) groups is 1. The third-order valence-electron chi connectivity index (χ3n) is 4.70. The Morgan fingerprint density at radius 2 is 1.56 bits per heavy atom. The van der Waals surface area contributed by atoms with Crippen LogP contribution in [0.3, 0.4) is 0 Å². The average molecular weight is 418 g/mol. The van der Waals surface area contributed by atoms with E-state index in [0.717, 1.165) is 11.1 Å². The van der Waals surface area contributed by atoms with Gasteiger partial charge in [0.15, 0.2) is 4.32 Å². The summed E-state index contributed by atoms with van der Waals surface area (Å²) < 4.78 is 2.45. The van der Waals surface area contributed by atoms with Crippen molar-refractivity contribution in [2.75, 3.05) is 32.8 Å². The summed E-state index contributed by atoms with van der Waals surface area (Å²) in [5, 5.41) is 3.76. The van der Waals surface area contributed by atoms with Crippen molar-refractivity contribution in [1.82, 2.24) is 14.3 Å². The molecule has 0 bridgehead atoms. The molecule has 0 unspecified atom stereocenters. The van der Waals surface area contributed by atoms with Gasteiger partial charge in [-0.15, -0.1) is 11.8 Å². The Balaban J connectivity index is 1.99. The van der Waals surface area contributed by atoms with Gasteiger partial charge in [0.1, 0.15) is 5.41 Å². The summed E-state index contributed by atoms with van der Waals surface area (Å²) in [5.74, 6) is 1.41. The smallest absolute Gasteiger partial charge is 0.249 e. The molecule has 2 aromatic rings. The first-order valence-electron chi connectivity index (χ1n) is 8.60. The molecule has 7 heteroatoms. The van der Waals surface area contributed by atoms with Crippen LogP contribution in [0.2, 0.25) is 0 Å². The summed E-state index contributed by atoms with van der Waals surface area (Å²) in [6, 6.07) is 20.1. The molecular weight excluding hydrogens is 394 g/mol. The normalized spacial score (nSPS) is 16.4. The molecule has 1 saturated heterocycles. The third-order valence-corrected chi connectivity index (χ3v) is 7.37. The molecule has 0 saturated carbocycles. The van der Waals surface area contributed by atoms with Gasteiger partial charge in [0, 0.05) is 38.8 Å². The van der Waals surface area contributed by atoms with E-state index in [-0.39, 0.29) is 5.91 Å². The number of thioether (sulfide) groups is 1. The number of amides is 1. The molecule has 1 fully saturated rings. The van der Waals surface area contributed by atoms with Gasteiger partial charge in [0.25, 0.3) is 0 Å². The van der Waals surface area contributed by atoms with E-state index in [1.165, 1.54) is 11.9 Å². The molecule has 27 heavy (non-hydrogen) atoms. The molecule has 0 N–H and O–H groups in total. The Kier molecular flexibility index (Phi) is 6.47. The van der Waals surface area contributed by atoms with Gasteiger partial charge in [0.05, 0.1) is 5.88 Å². The minimum Gasteiger partial charge on any atom is -0.293 e. The van der Waals surface area contributed by atoms with E-state index in [2.05, 4.69) is 0 Å². The highest BCUT2D eigenvalue weighted by atomic mass is 32.2. The second kappa shape index (κ2) is 8.65. The first-order valence-corrected chi connectivity index (χ1v) is 10.9. The molecule has 3 rings (SSSR count). The second-order valence-corrected chi connectivity index (χ2v) is 9.14. The van der Waals surface area contributed by atoms with Crippen LogP contribution in [0.1, 0.15) is 11.1 Å². The van der Waals surface area contributed by atoms with E-state index in [4.69, 9.17) is 12.2 Å². The first kappa shape index (κ1) is 20.2. The van der Waals surface area contributed by atoms with Crippen LogP contribution in [0.5, 0.6) is 0 Å². The van der Waals surface area contributed by atoms with Crippen LogP contribution >= 0.6 is 35.9 Å². The van der Waals surface area contributed by atoms with Crippen molar-refractivity contribution in [2.45, 2.75) is 5.41 Å². The summed E-state index contributed by atoms with van der Waals surface area (Å²) in [7, 11) is 5.76. The molecule has 2 aromatic carbocycles. The fourth-order valence-corrected chi connectivity index (χ4v) is 5.74. The Morgan fingerprint density at radius 3 is 2.04 bits per heavy atom. The zero-order valence-electron chi connectivity index (χ0n) is 15.7. The number of hydrogen-bond donors (Lipinski definition) is 0. The average Bonchev–Trinajstić information content (AvgIpc) is 2.70. The standard InChI is InChI=1S/C20H23N3OS3/c1-21(2)22(3)19(25)27-23-15-26-14-20(18(23)24,16-10-6-4-7-11-16)17-12-8-5-9-13-17/h4-13H,14-15H2,1-3H3. The van der Waals surface area contributed by atoms with Crippen molar-refractivity contribution < 1.29 is 4.79 Å². The quantitative estimate of drug-likeness (QED) is 0.426. The van der Waals surface area contributed by atoms with Gasteiger partial charge >= 0.3 is 0 Å². The maximum Gasteiger partial charge on any atom is 0.249 e. The number of rotatable bonds is 4. The molecule has 0 radical (unpaired) electrons. The van der Waals surface area contributed by atoms with Crippen LogP contribution in [0, 0.1) is 0 Å². The Labute approximate surface area is 175 Å². The Hall–Kier alpha value is -1.54. The Morgan fingerprint density at radius 1 is 1.04 bits per heavy atom. The van der Waals surface area contributed by atoms with Crippen LogP contribution in [0.4, 0.5) is 0 Å². The van der Waals surface area contributed by atoms with E-state index in [0.29, 0.717) is 16.0 Å². The van der Waals surface area contributed by atoms with Gasteiger partial charge in [0.2, 0.25) is 5.91 Å². The molecule has 0 spiro atoms. The van der Waals surface area contributed by atoms with Crippen molar-refractivity contribution in [2.24, 2.45) is 0 Å². The summed E-state index contributed by atoms with van der Waals surface area (Å²) >= 11 is 8.63. The number of hydrogen-bond acceptors (Lipinski definition) is 5. The minimum atomic E-state index is -0.704. The van der Waals surface area contributed by atoms with E-state index in [1.807, 2.05) is 91.8 Å². The molecule has 0 aliphatic carbocycles. The van der Waals surface area contributed by atoms with Crippen molar-refractivity contribution in [3.8, 4) is 0 Å². The number of nitrogens with zero attached hydrogens (tertiary/aromatic N) is 3. The highest BCUT2D eigenvalue weighted by Crippen LogP contribution is 2.43. The second-order valence-electron chi connectivity index (χ2n) is 6.53. The highest BCUT2D eigenvalue weighted by molar-refractivity contribution is 8.22. The zero-order chi connectivity index (χ0) is 19.4. The fourth-order valence-electron chi connectivity index (χ4n) is 3.02.